The predicted octanol–water partition coefficient (Wildman–Crippen LogP) is 2.76. The molecule has 1 saturated carbocycles. The van der Waals surface area contributed by atoms with Gasteiger partial charge in [-0.25, -0.2) is 13.4 Å². The normalized spacial score (nSPS) is 17.8. The van der Waals surface area contributed by atoms with Crippen molar-refractivity contribution in [3.05, 3.63) is 41.6 Å². The summed E-state index contributed by atoms with van der Waals surface area (Å²) in [5.41, 5.74) is 5.82. The molecule has 11 nitrogen and oxygen atoms in total. The van der Waals surface area contributed by atoms with Crippen molar-refractivity contribution in [1.82, 2.24) is 14.8 Å². The molecule has 1 aromatic carbocycles. The van der Waals surface area contributed by atoms with E-state index in [1.807, 2.05) is 0 Å². The van der Waals surface area contributed by atoms with E-state index in [0.29, 0.717) is 0 Å². The number of ether oxygens (including phenoxy) is 2. The van der Waals surface area contributed by atoms with Crippen LogP contribution < -0.4 is 9.46 Å². The molecule has 1 fully saturated rings. The van der Waals surface area contributed by atoms with Crippen LogP contribution in [0.1, 0.15) is 44.9 Å². The molecule has 3 N–H and O–H groups in total. The lowest BCUT2D eigenvalue weighted by atomic mass is 9.84. The van der Waals surface area contributed by atoms with Crippen LogP contribution in [0.5, 0.6) is 11.5 Å². The van der Waals surface area contributed by atoms with E-state index in [0.717, 1.165) is 32.1 Å². The number of rotatable bonds is 8. The average Bonchev–Trinajstić information content (AvgIpc) is 3.30. The Balaban J connectivity index is 1.79. The zero-order valence-corrected chi connectivity index (χ0v) is 21.1. The van der Waals surface area contributed by atoms with Gasteiger partial charge in [-0.2, -0.15) is 0 Å². The number of hydrogen-bond acceptors (Lipinski definition) is 9. The number of para-hydroxylation sites is 1. The molecule has 0 spiro atoms. The Bertz CT molecular complexity index is 1360. The number of aromatic hydroxyl groups is 1. The Labute approximate surface area is 209 Å². The Morgan fingerprint density at radius 3 is 2.61 bits per heavy atom. The summed E-state index contributed by atoms with van der Waals surface area (Å²) in [6.07, 6.45) is 5.02. The molecular weight excluding hydrogens is 486 g/mol. The third-order valence-corrected chi connectivity index (χ3v) is 8.18. The minimum Gasteiger partial charge on any atom is -0.506 e. The van der Waals surface area contributed by atoms with Crippen LogP contribution in [0.15, 0.2) is 40.7 Å². The van der Waals surface area contributed by atoms with Crippen LogP contribution in [0, 0.1) is 5.92 Å². The molecule has 0 unspecified atom stereocenters. The van der Waals surface area contributed by atoms with Gasteiger partial charge in [-0.15, -0.1) is 10.2 Å². The fourth-order valence-electron chi connectivity index (χ4n) is 4.43. The molecule has 1 aromatic heterocycles. The highest BCUT2D eigenvalue weighted by Crippen LogP contribution is 2.37. The average molecular weight is 516 g/mol. The minimum absolute atomic E-state index is 0.0585. The van der Waals surface area contributed by atoms with Crippen LogP contribution in [0.3, 0.4) is 0 Å². The van der Waals surface area contributed by atoms with Gasteiger partial charge in [-0.1, -0.05) is 31.1 Å². The molecule has 1 aliphatic carbocycles. The first-order valence-corrected chi connectivity index (χ1v) is 13.2. The summed E-state index contributed by atoms with van der Waals surface area (Å²) in [7, 11) is -1.26. The van der Waals surface area contributed by atoms with E-state index in [1.165, 1.54) is 37.9 Å². The first-order chi connectivity index (χ1) is 17.3. The lowest BCUT2D eigenvalue weighted by Gasteiger charge is -2.30. The number of aliphatic hydroxyl groups is 1. The highest BCUT2D eigenvalue weighted by Gasteiger charge is 2.36. The summed E-state index contributed by atoms with van der Waals surface area (Å²) < 4.78 is 41.0. The van der Waals surface area contributed by atoms with E-state index >= 15 is 0 Å². The number of methoxy groups -OCH3 is 2. The van der Waals surface area contributed by atoms with Crippen LogP contribution in [0.4, 0.5) is 5.95 Å². The van der Waals surface area contributed by atoms with Gasteiger partial charge in [-0.3, -0.25) is 9.29 Å². The van der Waals surface area contributed by atoms with Crippen molar-refractivity contribution >= 4 is 27.6 Å². The summed E-state index contributed by atoms with van der Waals surface area (Å²) in [4.78, 5) is 4.30. The summed E-state index contributed by atoms with van der Waals surface area (Å²) in [6.45, 7) is 1.47. The molecule has 2 aromatic rings. The number of phenols is 1. The van der Waals surface area contributed by atoms with Gasteiger partial charge in [0.2, 0.25) is 21.9 Å². The fraction of sp³-hybridized carbons (Fsp3) is 0.458. The first-order valence-electron chi connectivity index (χ1n) is 11.6. The number of nitrogens with zero attached hydrogens (tertiary/aromatic N) is 4. The SMILES string of the molecule is COC1=NC(c2nnc(NS(=O)(=O)[C@H](C)[C@H](O)C3CCCCC3)n2-c2c(O)cccc2OC)=C=C=C1. The lowest BCUT2D eigenvalue weighted by Crippen LogP contribution is -2.41. The smallest absolute Gasteiger partial charge is 0.243 e. The highest BCUT2D eigenvalue weighted by atomic mass is 32.2. The summed E-state index contributed by atoms with van der Waals surface area (Å²) in [5.74, 6) is 0.00219. The maximum atomic E-state index is 13.4. The zero-order chi connectivity index (χ0) is 25.9. The number of anilines is 1. The van der Waals surface area contributed by atoms with Crippen LogP contribution in [-0.2, 0) is 14.8 Å². The number of nitrogens with one attached hydrogen (secondary N) is 1. The van der Waals surface area contributed by atoms with Gasteiger partial charge in [0.05, 0.1) is 26.4 Å². The standard InChI is InChI=1S/C24H29N5O6S/c1-15(22(31)16-9-5-4-6-10-16)36(32,33)28-24-27-26-23(17-11-7-14-20(25-17)35-3)29(24)21-18(30)12-8-13-19(21)34-2/h8,12-16,22,30-31H,4-6,9-10H2,1-3H3,(H,27,28)/t15-,22+/m1/s1. The molecule has 4 rings (SSSR count). The van der Waals surface area contributed by atoms with Crippen LogP contribution in [0.25, 0.3) is 11.4 Å². The summed E-state index contributed by atoms with van der Waals surface area (Å²) >= 11 is 0. The zero-order valence-electron chi connectivity index (χ0n) is 20.3. The lowest BCUT2D eigenvalue weighted by molar-refractivity contribution is 0.0841. The van der Waals surface area contributed by atoms with E-state index in [9.17, 15) is 18.6 Å². The largest absolute Gasteiger partial charge is 0.506 e. The Morgan fingerprint density at radius 1 is 1.17 bits per heavy atom. The van der Waals surface area contributed by atoms with Gasteiger partial charge in [0, 0.05) is 0 Å². The molecule has 0 radical (unpaired) electrons. The maximum absolute atomic E-state index is 13.4. The number of sulfonamides is 1. The molecule has 0 saturated heterocycles. The van der Waals surface area contributed by atoms with Crippen molar-refractivity contribution < 1.29 is 28.1 Å². The fourth-order valence-corrected chi connectivity index (χ4v) is 5.59. The Hall–Kier alpha value is -3.56. The highest BCUT2D eigenvalue weighted by molar-refractivity contribution is 7.93. The Morgan fingerprint density at radius 2 is 1.92 bits per heavy atom. The molecule has 2 heterocycles. The summed E-state index contributed by atoms with van der Waals surface area (Å²) in [5, 5.41) is 28.6. The molecule has 12 heteroatoms. The number of phenolic OH excluding ortho intramolecular Hbond substituents is 1. The van der Waals surface area contributed by atoms with E-state index in [4.69, 9.17) is 9.47 Å². The monoisotopic (exact) mass is 515 g/mol. The summed E-state index contributed by atoms with van der Waals surface area (Å²) in [6, 6.07) is 4.60. The minimum atomic E-state index is -4.12. The van der Waals surface area contributed by atoms with Crippen molar-refractivity contribution in [1.29, 1.82) is 0 Å². The second kappa shape index (κ2) is 10.6. The third-order valence-electron chi connectivity index (χ3n) is 6.45. The molecule has 192 valence electrons. The van der Waals surface area contributed by atoms with Gasteiger partial charge >= 0.3 is 0 Å². The molecule has 36 heavy (non-hydrogen) atoms. The molecule has 1 aliphatic heterocycles. The van der Waals surface area contributed by atoms with Gasteiger partial charge in [-0.05, 0) is 43.5 Å². The third kappa shape index (κ3) is 5.03. The second-order valence-electron chi connectivity index (χ2n) is 8.67. The molecule has 2 aliphatic rings. The number of aromatic nitrogens is 3. The number of aliphatic imine (C=N–C) groups is 1. The van der Waals surface area contributed by atoms with Gasteiger partial charge in [0.1, 0.15) is 22.4 Å². The van der Waals surface area contributed by atoms with Crippen molar-refractivity contribution in [3.8, 4) is 17.2 Å². The second-order valence-corrected chi connectivity index (χ2v) is 10.7. The topological polar surface area (TPSA) is 148 Å². The van der Waals surface area contributed by atoms with Crippen molar-refractivity contribution in [3.63, 3.8) is 0 Å². The van der Waals surface area contributed by atoms with Crippen molar-refractivity contribution in [2.24, 2.45) is 10.9 Å². The molecular formula is C24H29N5O6S. The number of benzene rings is 1. The van der Waals surface area contributed by atoms with Crippen LogP contribution in [-0.4, -0.2) is 64.9 Å². The predicted molar refractivity (Wildman–Crippen MR) is 134 cm³/mol. The number of hydrogen-bond donors (Lipinski definition) is 3. The maximum Gasteiger partial charge on any atom is 0.243 e. The van der Waals surface area contributed by atoms with E-state index in [1.54, 1.807) is 12.1 Å². The molecule has 0 bridgehead atoms. The molecule has 2 atom stereocenters. The van der Waals surface area contributed by atoms with Gasteiger partial charge < -0.3 is 19.7 Å². The van der Waals surface area contributed by atoms with Crippen molar-refractivity contribution in [2.45, 2.75) is 50.4 Å². The van der Waals surface area contributed by atoms with Gasteiger partial charge in [0.25, 0.3) is 0 Å². The van der Waals surface area contributed by atoms with Crippen LogP contribution in [0.2, 0.25) is 0 Å². The van der Waals surface area contributed by atoms with Crippen molar-refractivity contribution in [2.75, 3.05) is 18.9 Å². The van der Waals surface area contributed by atoms with E-state index < -0.39 is 21.4 Å². The van der Waals surface area contributed by atoms with E-state index in [-0.39, 0.29) is 46.5 Å². The Kier molecular flexibility index (Phi) is 7.51. The quantitative estimate of drug-likeness (QED) is 0.455. The first kappa shape index (κ1) is 25.5. The molecule has 0 amide bonds. The number of aliphatic hydroxyl groups excluding tert-OH is 1. The van der Waals surface area contributed by atoms with Gasteiger partial charge in [0.15, 0.2) is 11.5 Å². The van der Waals surface area contributed by atoms with Crippen LogP contribution >= 0.6 is 0 Å². The van der Waals surface area contributed by atoms with E-state index in [2.05, 4.69) is 31.4 Å².